The predicted molar refractivity (Wildman–Crippen MR) is 96.5 cm³/mol. The van der Waals surface area contributed by atoms with E-state index in [2.05, 4.69) is 10.2 Å². The van der Waals surface area contributed by atoms with Crippen molar-refractivity contribution in [2.75, 3.05) is 13.2 Å². The second-order valence-corrected chi connectivity index (χ2v) is 5.69. The average molecular weight is 354 g/mol. The molecule has 6 heteroatoms. The van der Waals surface area contributed by atoms with Gasteiger partial charge in [0.05, 0.1) is 0 Å². The summed E-state index contributed by atoms with van der Waals surface area (Å²) in [6, 6.07) is 18.1. The molecule has 2 atom stereocenters. The number of carbonyl (C=O) groups excluding carboxylic acids is 2. The van der Waals surface area contributed by atoms with Crippen molar-refractivity contribution >= 4 is 11.9 Å². The van der Waals surface area contributed by atoms with E-state index < -0.39 is 12.1 Å². The molecule has 0 aliphatic carbocycles. The third-order valence-electron chi connectivity index (χ3n) is 3.60. The van der Waals surface area contributed by atoms with Crippen LogP contribution in [0.4, 0.5) is 0 Å². The first-order valence-electron chi connectivity index (χ1n) is 8.33. The van der Waals surface area contributed by atoms with Crippen molar-refractivity contribution in [2.45, 2.75) is 25.9 Å². The summed E-state index contributed by atoms with van der Waals surface area (Å²) in [5.41, 5.74) is 1.77. The van der Waals surface area contributed by atoms with Crippen LogP contribution >= 0.6 is 0 Å². The molecular weight excluding hydrogens is 332 g/mol. The Morgan fingerprint density at radius 1 is 0.731 bits per heavy atom. The number of nitrogens with zero attached hydrogens (tertiary/aromatic N) is 2. The maximum Gasteiger partial charge on any atom is 0.302 e. The fourth-order valence-electron chi connectivity index (χ4n) is 2.30. The van der Waals surface area contributed by atoms with E-state index in [9.17, 15) is 9.59 Å². The van der Waals surface area contributed by atoms with Gasteiger partial charge in [-0.2, -0.15) is 10.2 Å². The predicted octanol–water partition coefficient (Wildman–Crippen LogP) is 4.05. The zero-order valence-corrected chi connectivity index (χ0v) is 14.9. The van der Waals surface area contributed by atoms with Gasteiger partial charge in [0.15, 0.2) is 0 Å². The van der Waals surface area contributed by atoms with E-state index in [0.717, 1.165) is 11.1 Å². The van der Waals surface area contributed by atoms with Crippen molar-refractivity contribution in [3.63, 3.8) is 0 Å². The minimum Gasteiger partial charge on any atom is -0.463 e. The summed E-state index contributed by atoms with van der Waals surface area (Å²) in [7, 11) is 0. The van der Waals surface area contributed by atoms with Gasteiger partial charge >= 0.3 is 11.9 Å². The molecule has 0 radical (unpaired) electrons. The molecule has 0 spiro atoms. The van der Waals surface area contributed by atoms with Gasteiger partial charge in [-0.15, -0.1) is 0 Å². The van der Waals surface area contributed by atoms with Crippen LogP contribution < -0.4 is 0 Å². The van der Waals surface area contributed by atoms with Crippen LogP contribution in [0.15, 0.2) is 70.9 Å². The van der Waals surface area contributed by atoms with Crippen molar-refractivity contribution in [3.05, 3.63) is 71.8 Å². The fraction of sp³-hybridized carbons (Fsp3) is 0.300. The maximum atomic E-state index is 11.2. The van der Waals surface area contributed by atoms with Gasteiger partial charge in [0.25, 0.3) is 0 Å². The third-order valence-corrected chi connectivity index (χ3v) is 3.60. The number of esters is 2. The molecule has 0 aliphatic rings. The van der Waals surface area contributed by atoms with Gasteiger partial charge in [-0.05, 0) is 11.1 Å². The third kappa shape index (κ3) is 6.47. The second kappa shape index (κ2) is 10.1. The van der Waals surface area contributed by atoms with Gasteiger partial charge < -0.3 is 9.47 Å². The molecule has 0 fully saturated rings. The molecule has 1 unspecified atom stereocenters. The van der Waals surface area contributed by atoms with E-state index >= 15 is 0 Å². The highest BCUT2D eigenvalue weighted by molar-refractivity contribution is 5.66. The molecule has 0 aliphatic heterocycles. The lowest BCUT2D eigenvalue weighted by Gasteiger charge is -2.15. The van der Waals surface area contributed by atoms with E-state index in [-0.39, 0.29) is 25.2 Å². The van der Waals surface area contributed by atoms with Crippen LogP contribution in [0.25, 0.3) is 0 Å². The second-order valence-electron chi connectivity index (χ2n) is 5.69. The number of hydrogen-bond donors (Lipinski definition) is 0. The lowest BCUT2D eigenvalue weighted by Crippen LogP contribution is -2.11. The van der Waals surface area contributed by atoms with E-state index in [4.69, 9.17) is 9.47 Å². The number of azo groups is 1. The van der Waals surface area contributed by atoms with Gasteiger partial charge in [-0.1, -0.05) is 60.7 Å². The van der Waals surface area contributed by atoms with E-state index in [0.29, 0.717) is 0 Å². The Hall–Kier alpha value is -3.02. The smallest absolute Gasteiger partial charge is 0.302 e. The Bertz CT molecular complexity index is 668. The number of hydrogen-bond acceptors (Lipinski definition) is 6. The van der Waals surface area contributed by atoms with Crippen LogP contribution in [0.3, 0.4) is 0 Å². The zero-order valence-electron chi connectivity index (χ0n) is 14.9. The van der Waals surface area contributed by atoms with Gasteiger partial charge in [0.2, 0.25) is 0 Å². The molecule has 0 amide bonds. The van der Waals surface area contributed by atoms with Gasteiger partial charge in [-0.3, -0.25) is 9.59 Å². The Kier molecular flexibility index (Phi) is 7.49. The van der Waals surface area contributed by atoms with Crippen molar-refractivity contribution in [1.82, 2.24) is 0 Å². The summed E-state index contributed by atoms with van der Waals surface area (Å²) in [6.07, 6.45) is 0. The Morgan fingerprint density at radius 2 is 1.08 bits per heavy atom. The molecule has 136 valence electrons. The molecule has 0 saturated carbocycles. The highest BCUT2D eigenvalue weighted by Gasteiger charge is 2.16. The zero-order chi connectivity index (χ0) is 18.8. The lowest BCUT2D eigenvalue weighted by atomic mass is 10.1. The highest BCUT2D eigenvalue weighted by atomic mass is 16.5. The van der Waals surface area contributed by atoms with Crippen LogP contribution in [-0.4, -0.2) is 25.2 Å². The topological polar surface area (TPSA) is 77.3 Å². The number of benzene rings is 2. The minimum absolute atomic E-state index is 0.0952. The molecular formula is C20H22N2O4. The number of ether oxygens (including phenoxy) is 2. The molecule has 2 aromatic rings. The lowest BCUT2D eigenvalue weighted by molar-refractivity contribution is -0.142. The monoisotopic (exact) mass is 354 g/mol. The van der Waals surface area contributed by atoms with E-state index in [1.165, 1.54) is 13.8 Å². The largest absolute Gasteiger partial charge is 0.463 e. The average Bonchev–Trinajstić information content (AvgIpc) is 2.65. The van der Waals surface area contributed by atoms with Crippen molar-refractivity contribution in [3.8, 4) is 0 Å². The SMILES string of the molecule is CC(=O)OCC(N=N[C@@H](COC(C)=O)c1ccccc1)c1ccccc1. The van der Waals surface area contributed by atoms with Crippen LogP contribution in [-0.2, 0) is 19.1 Å². The first-order valence-corrected chi connectivity index (χ1v) is 8.33. The molecule has 2 aromatic carbocycles. The molecule has 0 bridgehead atoms. The minimum atomic E-state index is -0.427. The summed E-state index contributed by atoms with van der Waals surface area (Å²) >= 11 is 0. The quantitative estimate of drug-likeness (QED) is 0.529. The van der Waals surface area contributed by atoms with Crippen LogP contribution in [0.1, 0.15) is 37.1 Å². The molecule has 0 saturated heterocycles. The van der Waals surface area contributed by atoms with Crippen LogP contribution in [0.2, 0.25) is 0 Å². The standard InChI is InChI=1S/C20H22N2O4/c1-15(23)25-13-19(17-9-5-3-6-10-17)21-22-20(14-26-16(2)24)18-11-7-4-8-12-18/h3-12,19-20H,13-14H2,1-2H3/t19-,20?/m0/s1. The normalized spacial score (nSPS) is 13.2. The molecule has 0 aromatic heterocycles. The highest BCUT2D eigenvalue weighted by Crippen LogP contribution is 2.23. The van der Waals surface area contributed by atoms with Crippen LogP contribution in [0, 0.1) is 0 Å². The first kappa shape index (κ1) is 19.3. The van der Waals surface area contributed by atoms with Crippen molar-refractivity contribution in [1.29, 1.82) is 0 Å². The molecule has 0 heterocycles. The van der Waals surface area contributed by atoms with Gasteiger partial charge in [-0.25, -0.2) is 0 Å². The number of carbonyl (C=O) groups is 2. The summed E-state index contributed by atoms with van der Waals surface area (Å²) in [4.78, 5) is 22.3. The summed E-state index contributed by atoms with van der Waals surface area (Å²) in [5.74, 6) is -0.749. The number of rotatable bonds is 8. The fourth-order valence-corrected chi connectivity index (χ4v) is 2.30. The molecule has 2 rings (SSSR count). The Morgan fingerprint density at radius 3 is 1.38 bits per heavy atom. The molecule has 6 nitrogen and oxygen atoms in total. The summed E-state index contributed by atoms with van der Waals surface area (Å²) < 4.78 is 10.2. The van der Waals surface area contributed by atoms with Crippen molar-refractivity contribution < 1.29 is 19.1 Å². The van der Waals surface area contributed by atoms with Gasteiger partial charge in [0, 0.05) is 13.8 Å². The maximum absolute atomic E-state index is 11.2. The van der Waals surface area contributed by atoms with E-state index in [1.54, 1.807) is 0 Å². The van der Waals surface area contributed by atoms with Gasteiger partial charge in [0.1, 0.15) is 25.3 Å². The Balaban J connectivity index is 2.21. The Labute approximate surface area is 152 Å². The summed E-state index contributed by atoms with van der Waals surface area (Å²) in [5, 5.41) is 8.75. The first-order chi connectivity index (χ1) is 12.6. The summed E-state index contributed by atoms with van der Waals surface area (Å²) in [6.45, 7) is 2.90. The molecule has 0 N–H and O–H groups in total. The molecule has 26 heavy (non-hydrogen) atoms. The van der Waals surface area contributed by atoms with E-state index in [1.807, 2.05) is 60.7 Å². The van der Waals surface area contributed by atoms with Crippen molar-refractivity contribution in [2.24, 2.45) is 10.2 Å². The van der Waals surface area contributed by atoms with Crippen LogP contribution in [0.5, 0.6) is 0 Å².